The minimum atomic E-state index is -0.00810. The summed E-state index contributed by atoms with van der Waals surface area (Å²) in [6.45, 7) is 0.311. The number of halogens is 1. The molecule has 4 nitrogen and oxygen atoms in total. The van der Waals surface area contributed by atoms with Crippen LogP contribution in [0.3, 0.4) is 0 Å². The van der Waals surface area contributed by atoms with E-state index in [9.17, 15) is 4.79 Å². The highest BCUT2D eigenvalue weighted by atomic mass is 35.5. The molecule has 5 heteroatoms. The van der Waals surface area contributed by atoms with Crippen molar-refractivity contribution in [3.8, 4) is 0 Å². The molecule has 0 spiro atoms. The van der Waals surface area contributed by atoms with Crippen LogP contribution in [-0.4, -0.2) is 23.9 Å². The second-order valence-corrected chi connectivity index (χ2v) is 5.25. The van der Waals surface area contributed by atoms with Crippen LogP contribution in [0.5, 0.6) is 0 Å². The number of furan rings is 1. The number of benzene rings is 1. The molecule has 1 heterocycles. The van der Waals surface area contributed by atoms with E-state index in [1.807, 2.05) is 24.1 Å². The highest BCUT2D eigenvalue weighted by Crippen LogP contribution is 2.25. The van der Waals surface area contributed by atoms with Crippen molar-refractivity contribution in [2.45, 2.75) is 25.4 Å². The zero-order chi connectivity index (χ0) is 14.1. The number of carbonyl (C=O) groups is 1. The predicted molar refractivity (Wildman–Crippen MR) is 83.6 cm³/mol. The summed E-state index contributed by atoms with van der Waals surface area (Å²) < 4.78 is 5.24. The highest BCUT2D eigenvalue weighted by Gasteiger charge is 2.28. The number of nitrogens with two attached hydrogens (primary N) is 1. The van der Waals surface area contributed by atoms with Gasteiger partial charge in [-0.1, -0.05) is 24.3 Å². The van der Waals surface area contributed by atoms with Gasteiger partial charge in [-0.3, -0.25) is 4.79 Å². The summed E-state index contributed by atoms with van der Waals surface area (Å²) in [7, 11) is 1.86. The van der Waals surface area contributed by atoms with E-state index in [2.05, 4.69) is 12.1 Å². The van der Waals surface area contributed by atoms with Crippen molar-refractivity contribution in [3.63, 3.8) is 0 Å². The van der Waals surface area contributed by atoms with Crippen LogP contribution < -0.4 is 5.73 Å². The molecule has 1 aliphatic carbocycles. The Bertz CT molecular complexity index is 614. The van der Waals surface area contributed by atoms with Crippen molar-refractivity contribution in [2.24, 2.45) is 5.73 Å². The van der Waals surface area contributed by atoms with Gasteiger partial charge in [0.15, 0.2) is 0 Å². The fourth-order valence-corrected chi connectivity index (χ4v) is 2.78. The first kappa shape index (κ1) is 15.6. The lowest BCUT2D eigenvalue weighted by Gasteiger charge is -2.23. The van der Waals surface area contributed by atoms with Gasteiger partial charge in [0.1, 0.15) is 12.0 Å². The second kappa shape index (κ2) is 6.33. The minimum Gasteiger partial charge on any atom is -0.467 e. The van der Waals surface area contributed by atoms with Gasteiger partial charge in [0, 0.05) is 13.1 Å². The summed E-state index contributed by atoms with van der Waals surface area (Å²) in [6.07, 6.45) is 3.32. The van der Waals surface area contributed by atoms with Crippen LogP contribution in [0.2, 0.25) is 0 Å². The largest absolute Gasteiger partial charge is 0.467 e. The van der Waals surface area contributed by atoms with Gasteiger partial charge in [0.05, 0.1) is 12.1 Å². The van der Waals surface area contributed by atoms with Crippen LogP contribution in [0.15, 0.2) is 41.0 Å². The third kappa shape index (κ3) is 2.96. The topological polar surface area (TPSA) is 59.5 Å². The maximum Gasteiger partial charge on any atom is 0.257 e. The Kier molecular flexibility index (Phi) is 4.70. The average molecular weight is 307 g/mol. The maximum absolute atomic E-state index is 12.4. The molecule has 0 saturated carbocycles. The number of likely N-dealkylation sites (N-methyl/N-ethyl adjacent to an activating group) is 1. The van der Waals surface area contributed by atoms with Crippen molar-refractivity contribution in [1.29, 1.82) is 0 Å². The van der Waals surface area contributed by atoms with Crippen molar-refractivity contribution in [1.82, 2.24) is 4.90 Å². The predicted octanol–water partition coefficient (Wildman–Crippen LogP) is 2.40. The Hall–Kier alpha value is -1.78. The van der Waals surface area contributed by atoms with Crippen molar-refractivity contribution in [3.05, 3.63) is 59.0 Å². The van der Waals surface area contributed by atoms with Gasteiger partial charge >= 0.3 is 0 Å². The molecule has 2 aromatic rings. The third-order valence-corrected chi connectivity index (χ3v) is 4.00. The zero-order valence-corrected chi connectivity index (χ0v) is 12.7. The van der Waals surface area contributed by atoms with Gasteiger partial charge in [-0.2, -0.15) is 0 Å². The van der Waals surface area contributed by atoms with E-state index in [1.54, 1.807) is 6.07 Å². The molecule has 0 atom stereocenters. The number of nitrogens with zero attached hydrogens (tertiary/aromatic N) is 1. The molecular formula is C16H19ClN2O2. The highest BCUT2D eigenvalue weighted by molar-refractivity contribution is 5.94. The summed E-state index contributed by atoms with van der Waals surface area (Å²) in [5.41, 5.74) is 8.75. The number of rotatable bonds is 3. The summed E-state index contributed by atoms with van der Waals surface area (Å²) in [4.78, 5) is 14.2. The van der Waals surface area contributed by atoms with Crippen molar-refractivity contribution in [2.75, 3.05) is 7.05 Å². The number of hydrogen-bond acceptors (Lipinski definition) is 3. The van der Waals surface area contributed by atoms with Gasteiger partial charge in [-0.25, -0.2) is 0 Å². The van der Waals surface area contributed by atoms with E-state index in [4.69, 9.17) is 10.2 Å². The van der Waals surface area contributed by atoms with Gasteiger partial charge in [-0.15, -0.1) is 12.4 Å². The molecule has 1 aromatic heterocycles. The molecule has 0 saturated heterocycles. The summed E-state index contributed by atoms with van der Waals surface area (Å²) in [6, 6.07) is 10.3. The number of fused-ring (bicyclic) bond motifs is 1. The molecule has 21 heavy (non-hydrogen) atoms. The molecule has 1 aromatic carbocycles. The zero-order valence-electron chi connectivity index (χ0n) is 11.9. The van der Waals surface area contributed by atoms with Gasteiger partial charge < -0.3 is 15.1 Å². The molecule has 0 aliphatic heterocycles. The maximum atomic E-state index is 12.4. The van der Waals surface area contributed by atoms with E-state index in [0.29, 0.717) is 17.9 Å². The summed E-state index contributed by atoms with van der Waals surface area (Å²) in [5, 5.41) is 0. The SMILES string of the molecule is CN(C(=O)c1coc(CN)c1)C1Cc2ccccc2C1.Cl. The van der Waals surface area contributed by atoms with Gasteiger partial charge in [0.25, 0.3) is 5.91 Å². The lowest BCUT2D eigenvalue weighted by Crippen LogP contribution is -2.37. The smallest absolute Gasteiger partial charge is 0.257 e. The van der Waals surface area contributed by atoms with Crippen LogP contribution >= 0.6 is 12.4 Å². The standard InChI is InChI=1S/C16H18N2O2.ClH/c1-18(16(19)13-8-15(9-17)20-10-13)14-6-11-4-2-3-5-12(11)7-14;/h2-5,8,10,14H,6-7,9,17H2,1H3;1H. The van der Waals surface area contributed by atoms with E-state index < -0.39 is 0 Å². The molecule has 2 N–H and O–H groups in total. The molecule has 3 rings (SSSR count). The Morgan fingerprint density at radius 3 is 2.48 bits per heavy atom. The number of carbonyl (C=O) groups excluding carboxylic acids is 1. The average Bonchev–Trinajstić information content (AvgIpc) is 3.11. The Labute approximate surface area is 130 Å². The molecular weight excluding hydrogens is 288 g/mol. The van der Waals surface area contributed by atoms with Crippen LogP contribution in [0, 0.1) is 0 Å². The number of hydrogen-bond donors (Lipinski definition) is 1. The van der Waals surface area contributed by atoms with Crippen LogP contribution in [0.25, 0.3) is 0 Å². The Morgan fingerprint density at radius 1 is 1.33 bits per heavy atom. The number of amides is 1. The fourth-order valence-electron chi connectivity index (χ4n) is 2.78. The minimum absolute atomic E-state index is 0. The molecule has 0 radical (unpaired) electrons. The first-order chi connectivity index (χ1) is 9.69. The normalized spacial score (nSPS) is 13.6. The van der Waals surface area contributed by atoms with E-state index >= 15 is 0 Å². The molecule has 1 aliphatic rings. The fraction of sp³-hybridized carbons (Fsp3) is 0.312. The molecule has 0 fully saturated rings. The first-order valence-corrected chi connectivity index (χ1v) is 6.80. The van der Waals surface area contributed by atoms with E-state index in [-0.39, 0.29) is 24.4 Å². The molecule has 1 amide bonds. The quantitative estimate of drug-likeness (QED) is 0.947. The van der Waals surface area contributed by atoms with Gasteiger partial charge in [-0.05, 0) is 30.0 Å². The lowest BCUT2D eigenvalue weighted by atomic mass is 10.1. The van der Waals surface area contributed by atoms with E-state index in [1.165, 1.54) is 17.4 Å². The van der Waals surface area contributed by atoms with Crippen molar-refractivity contribution >= 4 is 18.3 Å². The van der Waals surface area contributed by atoms with Gasteiger partial charge in [0.2, 0.25) is 0 Å². The van der Waals surface area contributed by atoms with E-state index in [0.717, 1.165) is 12.8 Å². The third-order valence-electron chi connectivity index (χ3n) is 4.00. The molecule has 0 unspecified atom stereocenters. The summed E-state index contributed by atoms with van der Waals surface area (Å²) in [5.74, 6) is 0.628. The monoisotopic (exact) mass is 306 g/mol. The summed E-state index contributed by atoms with van der Waals surface area (Å²) >= 11 is 0. The van der Waals surface area contributed by atoms with Crippen LogP contribution in [-0.2, 0) is 19.4 Å². The van der Waals surface area contributed by atoms with Crippen LogP contribution in [0.4, 0.5) is 0 Å². The second-order valence-electron chi connectivity index (χ2n) is 5.25. The van der Waals surface area contributed by atoms with Crippen LogP contribution in [0.1, 0.15) is 27.2 Å². The first-order valence-electron chi connectivity index (χ1n) is 6.80. The van der Waals surface area contributed by atoms with Crippen molar-refractivity contribution < 1.29 is 9.21 Å². The molecule has 0 bridgehead atoms. The lowest BCUT2D eigenvalue weighted by molar-refractivity contribution is 0.0737. The Morgan fingerprint density at radius 2 is 1.95 bits per heavy atom. The Balaban J connectivity index is 0.00000161. The molecule has 112 valence electrons.